The van der Waals surface area contributed by atoms with Gasteiger partial charge in [-0.1, -0.05) is 19.9 Å². The first-order chi connectivity index (χ1) is 7.65. The lowest BCUT2D eigenvalue weighted by atomic mass is 10.1. The Labute approximate surface area is 101 Å². The number of carbonyl (C=O) groups is 1. The molecule has 0 fully saturated rings. The predicted octanol–water partition coefficient (Wildman–Crippen LogP) is 2.17. The second kappa shape index (κ2) is 6.66. The zero-order valence-corrected chi connectivity index (χ0v) is 10.9. The molecule has 0 aromatic carbocycles. The van der Waals surface area contributed by atoms with Gasteiger partial charge in [0.25, 0.3) is 0 Å². The molecule has 0 saturated carbocycles. The molecule has 1 rings (SSSR count). The van der Waals surface area contributed by atoms with Gasteiger partial charge in [-0.2, -0.15) is 0 Å². The molecule has 0 radical (unpaired) electrons. The van der Waals surface area contributed by atoms with Crippen molar-refractivity contribution in [3.8, 4) is 0 Å². The van der Waals surface area contributed by atoms with Gasteiger partial charge in [0.15, 0.2) is 0 Å². The van der Waals surface area contributed by atoms with E-state index in [1.165, 1.54) is 4.88 Å². The van der Waals surface area contributed by atoms with E-state index < -0.39 is 0 Å². The van der Waals surface area contributed by atoms with Gasteiger partial charge in [0.1, 0.15) is 0 Å². The summed E-state index contributed by atoms with van der Waals surface area (Å²) in [6, 6.07) is 4.16. The average Bonchev–Trinajstić information content (AvgIpc) is 2.79. The standard InChI is InChI=1S/C12H20N2OS/c1-4-13-8-9(2)12(15)14-10(3)11-6-5-7-16-11/h5-7,9-10,13H,4,8H2,1-3H3,(H,14,15). The number of nitrogens with one attached hydrogen (secondary N) is 2. The van der Waals surface area contributed by atoms with E-state index in [1.807, 2.05) is 38.3 Å². The Morgan fingerprint density at radius 1 is 1.50 bits per heavy atom. The quantitative estimate of drug-likeness (QED) is 0.800. The predicted molar refractivity (Wildman–Crippen MR) is 68.6 cm³/mol. The fourth-order valence-electron chi connectivity index (χ4n) is 1.42. The number of amides is 1. The lowest BCUT2D eigenvalue weighted by Crippen LogP contribution is -2.36. The number of rotatable bonds is 6. The molecular formula is C12H20N2OS. The molecule has 2 atom stereocenters. The molecule has 2 N–H and O–H groups in total. The van der Waals surface area contributed by atoms with Crippen LogP contribution < -0.4 is 10.6 Å². The van der Waals surface area contributed by atoms with Crippen LogP contribution in [0.3, 0.4) is 0 Å². The van der Waals surface area contributed by atoms with E-state index in [0.29, 0.717) is 0 Å². The molecule has 2 unspecified atom stereocenters. The highest BCUT2D eigenvalue weighted by Crippen LogP contribution is 2.18. The van der Waals surface area contributed by atoms with Crippen molar-refractivity contribution in [3.63, 3.8) is 0 Å². The van der Waals surface area contributed by atoms with Crippen LogP contribution in [0.25, 0.3) is 0 Å². The van der Waals surface area contributed by atoms with Crippen molar-refractivity contribution in [1.29, 1.82) is 0 Å². The first kappa shape index (κ1) is 13.2. The van der Waals surface area contributed by atoms with Crippen LogP contribution in [0.15, 0.2) is 17.5 Å². The second-order valence-corrected chi connectivity index (χ2v) is 4.93. The van der Waals surface area contributed by atoms with Gasteiger partial charge in [-0.25, -0.2) is 0 Å². The maximum atomic E-state index is 11.8. The van der Waals surface area contributed by atoms with E-state index in [1.54, 1.807) is 11.3 Å². The number of hydrogen-bond donors (Lipinski definition) is 2. The zero-order chi connectivity index (χ0) is 12.0. The largest absolute Gasteiger partial charge is 0.348 e. The van der Waals surface area contributed by atoms with Crippen molar-refractivity contribution >= 4 is 17.2 Å². The molecule has 0 bridgehead atoms. The van der Waals surface area contributed by atoms with Gasteiger partial charge < -0.3 is 10.6 Å². The monoisotopic (exact) mass is 240 g/mol. The normalized spacial score (nSPS) is 14.4. The van der Waals surface area contributed by atoms with E-state index in [0.717, 1.165) is 13.1 Å². The zero-order valence-electron chi connectivity index (χ0n) is 10.1. The average molecular weight is 240 g/mol. The Balaban J connectivity index is 2.39. The molecule has 0 aliphatic carbocycles. The Morgan fingerprint density at radius 3 is 2.81 bits per heavy atom. The summed E-state index contributed by atoms with van der Waals surface area (Å²) in [5.74, 6) is 0.129. The van der Waals surface area contributed by atoms with Crippen molar-refractivity contribution in [2.75, 3.05) is 13.1 Å². The molecule has 0 aliphatic heterocycles. The van der Waals surface area contributed by atoms with E-state index in [2.05, 4.69) is 10.6 Å². The van der Waals surface area contributed by atoms with Crippen molar-refractivity contribution in [2.45, 2.75) is 26.8 Å². The van der Waals surface area contributed by atoms with Crippen LogP contribution in [0, 0.1) is 5.92 Å². The highest BCUT2D eigenvalue weighted by atomic mass is 32.1. The molecule has 4 heteroatoms. The van der Waals surface area contributed by atoms with Gasteiger partial charge >= 0.3 is 0 Å². The van der Waals surface area contributed by atoms with E-state index in [-0.39, 0.29) is 17.9 Å². The fourth-order valence-corrected chi connectivity index (χ4v) is 2.15. The Hall–Kier alpha value is -0.870. The van der Waals surface area contributed by atoms with Crippen LogP contribution in [-0.4, -0.2) is 19.0 Å². The summed E-state index contributed by atoms with van der Waals surface area (Å²) < 4.78 is 0. The SMILES string of the molecule is CCNCC(C)C(=O)NC(C)c1cccs1. The summed E-state index contributed by atoms with van der Waals surface area (Å²) in [6.07, 6.45) is 0. The highest BCUT2D eigenvalue weighted by Gasteiger charge is 2.15. The summed E-state index contributed by atoms with van der Waals surface area (Å²) >= 11 is 1.67. The minimum atomic E-state index is 0.0161. The van der Waals surface area contributed by atoms with Gasteiger partial charge in [-0.15, -0.1) is 11.3 Å². The summed E-state index contributed by atoms with van der Waals surface area (Å²) in [5, 5.41) is 8.23. The highest BCUT2D eigenvalue weighted by molar-refractivity contribution is 7.10. The van der Waals surface area contributed by atoms with Crippen molar-refractivity contribution in [3.05, 3.63) is 22.4 Å². The fraction of sp³-hybridized carbons (Fsp3) is 0.583. The van der Waals surface area contributed by atoms with Gasteiger partial charge in [0.2, 0.25) is 5.91 Å². The minimum Gasteiger partial charge on any atom is -0.348 e. The summed E-state index contributed by atoms with van der Waals surface area (Å²) in [6.45, 7) is 7.64. The molecule has 1 amide bonds. The van der Waals surface area contributed by atoms with Crippen molar-refractivity contribution < 1.29 is 4.79 Å². The van der Waals surface area contributed by atoms with Crippen LogP contribution in [0.1, 0.15) is 31.7 Å². The molecule has 0 spiro atoms. The Bertz CT molecular complexity index is 311. The van der Waals surface area contributed by atoms with Crippen molar-refractivity contribution in [2.24, 2.45) is 5.92 Å². The maximum Gasteiger partial charge on any atom is 0.224 e. The molecular weight excluding hydrogens is 220 g/mol. The van der Waals surface area contributed by atoms with E-state index >= 15 is 0 Å². The summed E-state index contributed by atoms with van der Waals surface area (Å²) in [7, 11) is 0. The Morgan fingerprint density at radius 2 is 2.25 bits per heavy atom. The minimum absolute atomic E-state index is 0.0161. The van der Waals surface area contributed by atoms with Crippen LogP contribution in [0.4, 0.5) is 0 Å². The van der Waals surface area contributed by atoms with Gasteiger partial charge in [-0.3, -0.25) is 4.79 Å². The van der Waals surface area contributed by atoms with Crippen LogP contribution in [0.5, 0.6) is 0 Å². The molecule has 1 heterocycles. The molecule has 0 aliphatic rings. The summed E-state index contributed by atoms with van der Waals surface area (Å²) in [5.41, 5.74) is 0. The van der Waals surface area contributed by atoms with Gasteiger partial charge in [-0.05, 0) is 24.9 Å². The Kier molecular flexibility index (Phi) is 5.49. The second-order valence-electron chi connectivity index (χ2n) is 3.95. The van der Waals surface area contributed by atoms with Crippen molar-refractivity contribution in [1.82, 2.24) is 10.6 Å². The third kappa shape index (κ3) is 3.94. The van der Waals surface area contributed by atoms with E-state index in [4.69, 9.17) is 0 Å². The van der Waals surface area contributed by atoms with Gasteiger partial charge in [0, 0.05) is 17.3 Å². The third-order valence-electron chi connectivity index (χ3n) is 2.48. The first-order valence-electron chi connectivity index (χ1n) is 5.69. The topological polar surface area (TPSA) is 41.1 Å². The summed E-state index contributed by atoms with van der Waals surface area (Å²) in [4.78, 5) is 13.0. The van der Waals surface area contributed by atoms with Gasteiger partial charge in [0.05, 0.1) is 6.04 Å². The van der Waals surface area contributed by atoms with Crippen LogP contribution >= 0.6 is 11.3 Å². The molecule has 16 heavy (non-hydrogen) atoms. The lowest BCUT2D eigenvalue weighted by molar-refractivity contribution is -0.125. The smallest absolute Gasteiger partial charge is 0.224 e. The third-order valence-corrected chi connectivity index (χ3v) is 3.53. The van der Waals surface area contributed by atoms with Crippen LogP contribution in [-0.2, 0) is 4.79 Å². The number of hydrogen-bond acceptors (Lipinski definition) is 3. The van der Waals surface area contributed by atoms with Crippen LogP contribution in [0.2, 0.25) is 0 Å². The maximum absolute atomic E-state index is 11.8. The van der Waals surface area contributed by atoms with E-state index in [9.17, 15) is 4.79 Å². The molecule has 3 nitrogen and oxygen atoms in total. The number of thiophene rings is 1. The molecule has 1 aromatic rings. The lowest BCUT2D eigenvalue weighted by Gasteiger charge is -2.16. The number of carbonyl (C=O) groups excluding carboxylic acids is 1. The molecule has 1 aromatic heterocycles. The first-order valence-corrected chi connectivity index (χ1v) is 6.57. The molecule has 0 saturated heterocycles. The molecule has 90 valence electrons.